The number of rotatable bonds is 5. The Hall–Kier alpha value is -2.41. The van der Waals surface area contributed by atoms with Crippen molar-refractivity contribution < 1.29 is 0 Å². The van der Waals surface area contributed by atoms with Gasteiger partial charge in [0, 0.05) is 24.0 Å². The number of nitrogens with zero attached hydrogens (tertiary/aromatic N) is 4. The molecular weight excluding hydrogens is 248 g/mol. The van der Waals surface area contributed by atoms with Gasteiger partial charge >= 0.3 is 0 Å². The van der Waals surface area contributed by atoms with Crippen LogP contribution in [0.4, 0.5) is 11.5 Å². The lowest BCUT2D eigenvalue weighted by Crippen LogP contribution is -2.19. The van der Waals surface area contributed by atoms with Crippen molar-refractivity contribution in [1.29, 1.82) is 5.26 Å². The average molecular weight is 266 g/mol. The van der Waals surface area contributed by atoms with Crippen molar-refractivity contribution in [2.24, 2.45) is 0 Å². The summed E-state index contributed by atoms with van der Waals surface area (Å²) in [6.45, 7) is 4.83. The van der Waals surface area contributed by atoms with Crippen LogP contribution in [-0.2, 0) is 0 Å². The lowest BCUT2D eigenvalue weighted by Gasteiger charge is -2.23. The molecule has 2 rings (SSSR count). The number of aromatic nitrogens is 2. The van der Waals surface area contributed by atoms with Crippen LogP contribution in [0.1, 0.15) is 31.9 Å². The molecule has 4 heteroatoms. The Balaban J connectivity index is 2.36. The first-order chi connectivity index (χ1) is 9.72. The van der Waals surface area contributed by atoms with Gasteiger partial charge in [-0.25, -0.2) is 9.97 Å². The number of para-hydroxylation sites is 1. The van der Waals surface area contributed by atoms with E-state index in [9.17, 15) is 0 Å². The third-order valence-corrected chi connectivity index (χ3v) is 3.06. The van der Waals surface area contributed by atoms with Gasteiger partial charge < -0.3 is 4.90 Å². The van der Waals surface area contributed by atoms with Gasteiger partial charge in [-0.05, 0) is 18.1 Å². The van der Waals surface area contributed by atoms with E-state index in [1.807, 2.05) is 36.4 Å². The fraction of sp³-hybridized carbons (Fsp3) is 0.312. The maximum atomic E-state index is 8.84. The fourth-order valence-electron chi connectivity index (χ4n) is 1.97. The molecule has 0 saturated carbocycles. The molecular formula is C16H18N4. The second-order valence-electron chi connectivity index (χ2n) is 4.85. The summed E-state index contributed by atoms with van der Waals surface area (Å²) in [5, 5.41) is 8.84. The quantitative estimate of drug-likeness (QED) is 0.828. The highest BCUT2D eigenvalue weighted by atomic mass is 15.2. The first kappa shape index (κ1) is 14.0. The van der Waals surface area contributed by atoms with E-state index in [1.54, 1.807) is 6.33 Å². The second kappa shape index (κ2) is 6.67. The molecule has 0 saturated heterocycles. The van der Waals surface area contributed by atoms with E-state index in [0.717, 1.165) is 17.2 Å². The van der Waals surface area contributed by atoms with Gasteiger partial charge in [0.1, 0.15) is 12.1 Å². The smallest absolute Gasteiger partial charge is 0.136 e. The van der Waals surface area contributed by atoms with Crippen LogP contribution in [0.15, 0.2) is 42.7 Å². The predicted octanol–water partition coefficient (Wildman–Crippen LogP) is 3.65. The molecule has 0 spiro atoms. The van der Waals surface area contributed by atoms with Crippen molar-refractivity contribution in [3.63, 3.8) is 0 Å². The van der Waals surface area contributed by atoms with E-state index >= 15 is 0 Å². The molecule has 0 bridgehead atoms. The van der Waals surface area contributed by atoms with Gasteiger partial charge in [-0.15, -0.1) is 0 Å². The summed E-state index contributed by atoms with van der Waals surface area (Å²) in [5.41, 5.74) is 2.05. The molecule has 4 nitrogen and oxygen atoms in total. The minimum atomic E-state index is 0.352. The number of anilines is 2. The van der Waals surface area contributed by atoms with Gasteiger partial charge in [0.25, 0.3) is 0 Å². The molecule has 0 aliphatic carbocycles. The normalized spacial score (nSPS) is 10.3. The highest BCUT2D eigenvalue weighted by molar-refractivity contribution is 5.59. The summed E-state index contributed by atoms with van der Waals surface area (Å²) >= 11 is 0. The molecule has 0 atom stereocenters. The lowest BCUT2D eigenvalue weighted by atomic mass is 10.1. The summed E-state index contributed by atoms with van der Waals surface area (Å²) in [6, 6.07) is 14.2. The van der Waals surface area contributed by atoms with E-state index < -0.39 is 0 Å². The molecule has 1 aromatic heterocycles. The highest BCUT2D eigenvalue weighted by Gasteiger charge is 2.12. The van der Waals surface area contributed by atoms with Gasteiger partial charge in [0.15, 0.2) is 0 Å². The molecule has 0 radical (unpaired) electrons. The van der Waals surface area contributed by atoms with E-state index in [-0.39, 0.29) is 0 Å². The van der Waals surface area contributed by atoms with Crippen molar-refractivity contribution in [3.05, 3.63) is 48.4 Å². The standard InChI is InChI=1S/C16H18N4/c1-13(2)15-11-16(19-12-18-15)20(10-6-9-17)14-7-4-3-5-8-14/h3-5,7-8,11-13H,6,10H2,1-2H3. The first-order valence-electron chi connectivity index (χ1n) is 6.74. The highest BCUT2D eigenvalue weighted by Crippen LogP contribution is 2.25. The van der Waals surface area contributed by atoms with Crippen molar-refractivity contribution >= 4 is 11.5 Å². The Morgan fingerprint density at radius 1 is 1.20 bits per heavy atom. The Morgan fingerprint density at radius 3 is 2.60 bits per heavy atom. The van der Waals surface area contributed by atoms with Gasteiger partial charge in [0.2, 0.25) is 0 Å². The van der Waals surface area contributed by atoms with Gasteiger partial charge in [0.05, 0.1) is 12.5 Å². The zero-order valence-electron chi connectivity index (χ0n) is 11.8. The Morgan fingerprint density at radius 2 is 1.95 bits per heavy atom. The molecule has 102 valence electrons. The van der Waals surface area contributed by atoms with Gasteiger partial charge in [-0.3, -0.25) is 0 Å². The SMILES string of the molecule is CC(C)c1cc(N(CCC#N)c2ccccc2)ncn1. The average Bonchev–Trinajstić information content (AvgIpc) is 2.49. The van der Waals surface area contributed by atoms with E-state index in [0.29, 0.717) is 18.9 Å². The van der Waals surface area contributed by atoms with Crippen LogP contribution in [0.2, 0.25) is 0 Å². The largest absolute Gasteiger partial charge is 0.325 e. The van der Waals surface area contributed by atoms with Crippen LogP contribution in [-0.4, -0.2) is 16.5 Å². The maximum absolute atomic E-state index is 8.84. The van der Waals surface area contributed by atoms with Crippen molar-refractivity contribution in [3.8, 4) is 6.07 Å². The monoisotopic (exact) mass is 266 g/mol. The molecule has 0 N–H and O–H groups in total. The molecule has 0 amide bonds. The maximum Gasteiger partial charge on any atom is 0.136 e. The minimum Gasteiger partial charge on any atom is -0.325 e. The molecule has 0 aliphatic rings. The summed E-state index contributed by atoms with van der Waals surface area (Å²) in [7, 11) is 0. The summed E-state index contributed by atoms with van der Waals surface area (Å²) < 4.78 is 0. The Bertz CT molecular complexity index is 587. The third kappa shape index (κ3) is 3.33. The number of hydrogen-bond donors (Lipinski definition) is 0. The van der Waals surface area contributed by atoms with Crippen LogP contribution >= 0.6 is 0 Å². The molecule has 20 heavy (non-hydrogen) atoms. The van der Waals surface area contributed by atoms with E-state index in [4.69, 9.17) is 5.26 Å². The number of benzene rings is 1. The molecule has 0 fully saturated rings. The lowest BCUT2D eigenvalue weighted by molar-refractivity contribution is 0.807. The number of hydrogen-bond acceptors (Lipinski definition) is 4. The zero-order valence-corrected chi connectivity index (χ0v) is 11.8. The Labute approximate surface area is 119 Å². The molecule has 2 aromatic rings. The summed E-state index contributed by atoms with van der Waals surface area (Å²) in [6.07, 6.45) is 2.04. The molecule has 1 aromatic carbocycles. The molecule has 0 unspecified atom stereocenters. The topological polar surface area (TPSA) is 52.8 Å². The van der Waals surface area contributed by atoms with Gasteiger partial charge in [-0.2, -0.15) is 5.26 Å². The van der Waals surface area contributed by atoms with E-state index in [1.165, 1.54) is 0 Å². The summed E-state index contributed by atoms with van der Waals surface area (Å²) in [4.78, 5) is 10.7. The Kier molecular flexibility index (Phi) is 4.67. The van der Waals surface area contributed by atoms with Crippen LogP contribution in [0.25, 0.3) is 0 Å². The van der Waals surface area contributed by atoms with Crippen LogP contribution in [0.3, 0.4) is 0 Å². The first-order valence-corrected chi connectivity index (χ1v) is 6.74. The van der Waals surface area contributed by atoms with Crippen molar-refractivity contribution in [1.82, 2.24) is 9.97 Å². The van der Waals surface area contributed by atoms with Crippen LogP contribution in [0.5, 0.6) is 0 Å². The summed E-state index contributed by atoms with van der Waals surface area (Å²) in [5.74, 6) is 1.19. The van der Waals surface area contributed by atoms with Gasteiger partial charge in [-0.1, -0.05) is 32.0 Å². The fourth-order valence-corrected chi connectivity index (χ4v) is 1.97. The van der Waals surface area contributed by atoms with Crippen LogP contribution in [0, 0.1) is 11.3 Å². The second-order valence-corrected chi connectivity index (χ2v) is 4.85. The third-order valence-electron chi connectivity index (χ3n) is 3.06. The van der Waals surface area contributed by atoms with Crippen molar-refractivity contribution in [2.75, 3.05) is 11.4 Å². The van der Waals surface area contributed by atoms with E-state index in [2.05, 4.69) is 34.8 Å². The van der Waals surface area contributed by atoms with Crippen molar-refractivity contribution in [2.45, 2.75) is 26.2 Å². The van der Waals surface area contributed by atoms with Crippen LogP contribution < -0.4 is 4.90 Å². The number of nitriles is 1. The zero-order chi connectivity index (χ0) is 14.4. The molecule has 0 aliphatic heterocycles. The molecule has 1 heterocycles. The minimum absolute atomic E-state index is 0.352. The predicted molar refractivity (Wildman–Crippen MR) is 79.8 cm³/mol.